The molecule has 1 aromatic rings. The van der Waals surface area contributed by atoms with Crippen LogP contribution in [0.15, 0.2) is 0 Å². The Morgan fingerprint density at radius 1 is 0.962 bits per heavy atom. The van der Waals surface area contributed by atoms with Crippen LogP contribution < -0.4 is 11.5 Å². The molecule has 5 N–H and O–H groups in total. The van der Waals surface area contributed by atoms with Gasteiger partial charge in [-0.15, -0.1) is 0 Å². The first-order valence-corrected chi connectivity index (χ1v) is 10.4. The van der Waals surface area contributed by atoms with Crippen LogP contribution in [0.1, 0.15) is 63.6 Å². The van der Waals surface area contributed by atoms with Gasteiger partial charge in [0.2, 0.25) is 5.95 Å². The molecule has 5 rings (SSSR count). The Morgan fingerprint density at radius 2 is 1.73 bits per heavy atom. The third kappa shape index (κ3) is 2.07. The van der Waals surface area contributed by atoms with Crippen molar-refractivity contribution < 1.29 is 5.11 Å². The number of hydrogen-bond donors (Lipinski definition) is 3. The summed E-state index contributed by atoms with van der Waals surface area (Å²) in [7, 11) is 0. The fourth-order valence-corrected chi connectivity index (χ4v) is 7.66. The van der Waals surface area contributed by atoms with Crippen LogP contribution in [0.5, 0.6) is 0 Å². The van der Waals surface area contributed by atoms with Crippen molar-refractivity contribution >= 4 is 11.8 Å². The van der Waals surface area contributed by atoms with E-state index in [0.717, 1.165) is 42.4 Å². The standard InChI is InChI=1S/C21H32N4O/c1-20-8-7-15-12(14(20)5-6-17(20)26)4-3-11-9-16-13(10-21(11,15)2)18(22)25-19(23)24-16/h11-12,14-15,17,26H,3-10H2,1-2H3,(H4,22,23,24,25)/t11-,12-,14-,15-,17-,20-,21-/m0/s1. The Hall–Kier alpha value is -1.36. The van der Waals surface area contributed by atoms with Gasteiger partial charge in [0.25, 0.3) is 0 Å². The second-order valence-electron chi connectivity index (χ2n) is 10.1. The zero-order valence-corrected chi connectivity index (χ0v) is 16.0. The maximum absolute atomic E-state index is 10.6. The minimum Gasteiger partial charge on any atom is -0.393 e. The molecule has 0 aliphatic heterocycles. The first-order chi connectivity index (χ1) is 12.3. The number of nitrogens with zero attached hydrogens (tertiary/aromatic N) is 2. The molecular formula is C21H32N4O. The van der Waals surface area contributed by atoms with Crippen LogP contribution >= 0.6 is 0 Å². The van der Waals surface area contributed by atoms with E-state index in [1.807, 2.05) is 0 Å². The average molecular weight is 357 g/mol. The molecule has 4 aliphatic carbocycles. The third-order valence-electron chi connectivity index (χ3n) is 9.15. The molecule has 0 amide bonds. The zero-order chi connectivity index (χ0) is 18.3. The number of aliphatic hydroxyl groups excluding tert-OH is 1. The lowest BCUT2D eigenvalue weighted by Gasteiger charge is -2.60. The largest absolute Gasteiger partial charge is 0.393 e. The van der Waals surface area contributed by atoms with Gasteiger partial charge in [-0.2, -0.15) is 4.98 Å². The number of nitrogens with two attached hydrogens (primary N) is 2. The Bertz CT molecular complexity index is 752. The molecule has 5 nitrogen and oxygen atoms in total. The summed E-state index contributed by atoms with van der Waals surface area (Å²) in [5, 5.41) is 10.6. The van der Waals surface area contributed by atoms with Gasteiger partial charge in [-0.3, -0.25) is 0 Å². The molecule has 0 bridgehead atoms. The molecule has 5 heteroatoms. The monoisotopic (exact) mass is 356 g/mol. The number of rotatable bonds is 0. The predicted octanol–water partition coefficient (Wildman–Crippen LogP) is 2.96. The molecular weight excluding hydrogens is 324 g/mol. The van der Waals surface area contributed by atoms with Gasteiger partial charge in [-0.1, -0.05) is 13.8 Å². The highest BCUT2D eigenvalue weighted by Crippen LogP contribution is 2.65. The SMILES string of the molecule is C[C@]12Cc3c(N)nc(N)nc3C[C@@H]1CC[C@@H]1[C@@H]2CC[C@]2(C)[C@@H](O)CC[C@@H]12. The van der Waals surface area contributed by atoms with Crippen molar-refractivity contribution in [2.45, 2.75) is 71.3 Å². The fraction of sp³-hybridized carbons (Fsp3) is 0.810. The number of hydrogen-bond acceptors (Lipinski definition) is 5. The summed E-state index contributed by atoms with van der Waals surface area (Å²) in [5.74, 6) is 3.74. The molecule has 4 aliphatic rings. The van der Waals surface area contributed by atoms with Crippen molar-refractivity contribution in [3.63, 3.8) is 0 Å². The Labute approximate surface area is 156 Å². The van der Waals surface area contributed by atoms with Crippen LogP contribution in [0.4, 0.5) is 11.8 Å². The van der Waals surface area contributed by atoms with Crippen molar-refractivity contribution in [3.05, 3.63) is 11.3 Å². The van der Waals surface area contributed by atoms with Gasteiger partial charge in [0.05, 0.1) is 11.8 Å². The van der Waals surface area contributed by atoms with Crippen molar-refractivity contribution in [1.82, 2.24) is 9.97 Å². The normalized spacial score (nSPS) is 46.8. The maximum atomic E-state index is 10.6. The Balaban J connectivity index is 1.52. The molecule has 0 radical (unpaired) electrons. The molecule has 0 aromatic carbocycles. The predicted molar refractivity (Wildman–Crippen MR) is 102 cm³/mol. The molecule has 7 atom stereocenters. The molecule has 1 aromatic heterocycles. The van der Waals surface area contributed by atoms with Crippen molar-refractivity contribution in [3.8, 4) is 0 Å². The van der Waals surface area contributed by atoms with E-state index in [4.69, 9.17) is 11.5 Å². The molecule has 26 heavy (non-hydrogen) atoms. The Morgan fingerprint density at radius 3 is 2.54 bits per heavy atom. The average Bonchev–Trinajstić information content (AvgIpc) is 2.89. The van der Waals surface area contributed by atoms with Crippen LogP contribution in [0, 0.1) is 34.5 Å². The van der Waals surface area contributed by atoms with E-state index in [2.05, 4.69) is 23.8 Å². The summed E-state index contributed by atoms with van der Waals surface area (Å²) in [4.78, 5) is 8.77. The molecule has 3 saturated carbocycles. The van der Waals surface area contributed by atoms with Gasteiger partial charge < -0.3 is 16.6 Å². The first-order valence-electron chi connectivity index (χ1n) is 10.4. The van der Waals surface area contributed by atoms with Crippen molar-refractivity contribution in [2.75, 3.05) is 11.5 Å². The van der Waals surface area contributed by atoms with E-state index >= 15 is 0 Å². The van der Waals surface area contributed by atoms with Crippen LogP contribution in [0.25, 0.3) is 0 Å². The first kappa shape index (κ1) is 16.8. The smallest absolute Gasteiger partial charge is 0.222 e. The van der Waals surface area contributed by atoms with Gasteiger partial charge in [0.1, 0.15) is 5.82 Å². The third-order valence-corrected chi connectivity index (χ3v) is 9.15. The molecule has 0 unspecified atom stereocenters. The lowest BCUT2D eigenvalue weighted by atomic mass is 9.45. The second-order valence-corrected chi connectivity index (χ2v) is 10.1. The van der Waals surface area contributed by atoms with Crippen LogP contribution in [0.2, 0.25) is 0 Å². The number of fused-ring (bicyclic) bond motifs is 6. The number of aliphatic hydroxyl groups is 1. The van der Waals surface area contributed by atoms with Gasteiger partial charge in [0.15, 0.2) is 0 Å². The topological polar surface area (TPSA) is 98.0 Å². The quantitative estimate of drug-likeness (QED) is 0.664. The van der Waals surface area contributed by atoms with Crippen molar-refractivity contribution in [1.29, 1.82) is 0 Å². The van der Waals surface area contributed by atoms with E-state index in [-0.39, 0.29) is 16.9 Å². The summed E-state index contributed by atoms with van der Waals surface area (Å²) in [5.41, 5.74) is 14.8. The molecule has 0 saturated heterocycles. The lowest BCUT2D eigenvalue weighted by Crippen LogP contribution is -2.54. The zero-order valence-electron chi connectivity index (χ0n) is 16.0. The summed E-state index contributed by atoms with van der Waals surface area (Å²) >= 11 is 0. The van der Waals surface area contributed by atoms with Gasteiger partial charge >= 0.3 is 0 Å². The highest BCUT2D eigenvalue weighted by atomic mass is 16.3. The van der Waals surface area contributed by atoms with E-state index in [0.29, 0.717) is 23.6 Å². The minimum atomic E-state index is -0.0990. The van der Waals surface area contributed by atoms with Gasteiger partial charge in [-0.25, -0.2) is 4.98 Å². The van der Waals surface area contributed by atoms with Crippen LogP contribution in [0.3, 0.4) is 0 Å². The Kier molecular flexibility index (Phi) is 3.45. The second kappa shape index (κ2) is 5.34. The highest BCUT2D eigenvalue weighted by Gasteiger charge is 2.60. The minimum absolute atomic E-state index is 0.0990. The lowest BCUT2D eigenvalue weighted by molar-refractivity contribution is -0.111. The van der Waals surface area contributed by atoms with E-state index in [9.17, 15) is 5.11 Å². The molecule has 3 fully saturated rings. The number of aromatic nitrogens is 2. The van der Waals surface area contributed by atoms with Gasteiger partial charge in [-0.05, 0) is 85.9 Å². The summed E-state index contributed by atoms with van der Waals surface area (Å²) < 4.78 is 0. The maximum Gasteiger partial charge on any atom is 0.222 e. The summed E-state index contributed by atoms with van der Waals surface area (Å²) in [6.45, 7) is 4.85. The molecule has 142 valence electrons. The van der Waals surface area contributed by atoms with E-state index in [1.54, 1.807) is 0 Å². The summed E-state index contributed by atoms with van der Waals surface area (Å²) in [6, 6.07) is 0. The van der Waals surface area contributed by atoms with Crippen LogP contribution in [-0.4, -0.2) is 21.2 Å². The molecule has 1 heterocycles. The fourth-order valence-electron chi connectivity index (χ4n) is 7.66. The number of nitrogen functional groups attached to an aromatic ring is 2. The molecule has 0 spiro atoms. The van der Waals surface area contributed by atoms with E-state index < -0.39 is 0 Å². The van der Waals surface area contributed by atoms with E-state index in [1.165, 1.54) is 32.1 Å². The number of anilines is 2. The van der Waals surface area contributed by atoms with Crippen molar-refractivity contribution in [2.24, 2.45) is 34.5 Å². The van der Waals surface area contributed by atoms with Crippen LogP contribution in [-0.2, 0) is 12.8 Å². The highest BCUT2D eigenvalue weighted by molar-refractivity contribution is 5.48. The van der Waals surface area contributed by atoms with Gasteiger partial charge in [0, 0.05) is 5.56 Å². The summed E-state index contributed by atoms with van der Waals surface area (Å²) in [6.07, 6.45) is 9.08.